The second kappa shape index (κ2) is 6.78. The average Bonchev–Trinajstić information content (AvgIpc) is 2.44. The molecule has 1 aromatic rings. The van der Waals surface area contributed by atoms with E-state index in [-0.39, 0.29) is 11.3 Å². The highest BCUT2D eigenvalue weighted by Gasteiger charge is 2.40. The summed E-state index contributed by atoms with van der Waals surface area (Å²) in [5.74, 6) is 1.11. The lowest BCUT2D eigenvalue weighted by Gasteiger charge is -2.43. The van der Waals surface area contributed by atoms with Gasteiger partial charge in [0.2, 0.25) is 5.91 Å². The molecule has 1 aliphatic rings. The summed E-state index contributed by atoms with van der Waals surface area (Å²) in [5, 5.41) is 3.12. The van der Waals surface area contributed by atoms with Crippen molar-refractivity contribution in [1.29, 1.82) is 0 Å². The molecule has 0 aliphatic heterocycles. The first-order chi connectivity index (χ1) is 9.72. The van der Waals surface area contributed by atoms with Crippen molar-refractivity contribution in [2.75, 3.05) is 13.7 Å². The Bertz CT molecular complexity index is 452. The summed E-state index contributed by atoms with van der Waals surface area (Å²) < 4.78 is 5.49. The SMILES string of the molecule is CCCCC(=O)NCC1(c2ccccc2OC)CCC1. The van der Waals surface area contributed by atoms with Crippen LogP contribution in [0.4, 0.5) is 0 Å². The Morgan fingerprint density at radius 1 is 1.35 bits per heavy atom. The van der Waals surface area contributed by atoms with Gasteiger partial charge in [-0.2, -0.15) is 0 Å². The van der Waals surface area contributed by atoms with E-state index >= 15 is 0 Å². The lowest BCUT2D eigenvalue weighted by molar-refractivity contribution is -0.121. The topological polar surface area (TPSA) is 38.3 Å². The van der Waals surface area contributed by atoms with Crippen LogP contribution in [-0.4, -0.2) is 19.6 Å². The molecular weight excluding hydrogens is 250 g/mol. The van der Waals surface area contributed by atoms with Crippen molar-refractivity contribution in [3.05, 3.63) is 29.8 Å². The zero-order valence-corrected chi connectivity index (χ0v) is 12.6. The summed E-state index contributed by atoms with van der Waals surface area (Å²) in [6, 6.07) is 8.19. The fourth-order valence-corrected chi connectivity index (χ4v) is 2.92. The van der Waals surface area contributed by atoms with Gasteiger partial charge in [0.15, 0.2) is 0 Å². The molecule has 1 amide bonds. The minimum absolute atomic E-state index is 0.0779. The molecule has 0 bridgehead atoms. The van der Waals surface area contributed by atoms with Gasteiger partial charge in [0.05, 0.1) is 7.11 Å². The van der Waals surface area contributed by atoms with Crippen LogP contribution in [0.2, 0.25) is 0 Å². The molecular formula is C17H25NO2. The molecule has 3 nitrogen and oxygen atoms in total. The molecule has 1 aromatic carbocycles. The summed E-state index contributed by atoms with van der Waals surface area (Å²) in [6.07, 6.45) is 6.14. The molecule has 3 heteroatoms. The number of hydrogen-bond acceptors (Lipinski definition) is 2. The van der Waals surface area contributed by atoms with Crippen molar-refractivity contribution in [2.45, 2.75) is 50.9 Å². The number of para-hydroxylation sites is 1. The lowest BCUT2D eigenvalue weighted by atomic mass is 9.64. The van der Waals surface area contributed by atoms with E-state index in [0.29, 0.717) is 6.42 Å². The molecule has 0 radical (unpaired) electrons. The summed E-state index contributed by atoms with van der Waals surface area (Å²) in [6.45, 7) is 2.84. The fraction of sp³-hybridized carbons (Fsp3) is 0.588. The van der Waals surface area contributed by atoms with Crippen LogP contribution in [0, 0.1) is 0 Å². The molecule has 0 unspecified atom stereocenters. The summed E-state index contributed by atoms with van der Waals surface area (Å²) >= 11 is 0. The Balaban J connectivity index is 2.04. The van der Waals surface area contributed by atoms with Crippen LogP contribution in [0.3, 0.4) is 0 Å². The summed E-state index contributed by atoms with van der Waals surface area (Å²) in [4.78, 5) is 11.8. The van der Waals surface area contributed by atoms with Gasteiger partial charge in [0.25, 0.3) is 0 Å². The fourth-order valence-electron chi connectivity index (χ4n) is 2.92. The van der Waals surface area contributed by atoms with E-state index in [1.165, 1.54) is 12.0 Å². The largest absolute Gasteiger partial charge is 0.496 e. The highest BCUT2D eigenvalue weighted by Crippen LogP contribution is 2.46. The predicted molar refractivity (Wildman–Crippen MR) is 81.1 cm³/mol. The number of carbonyl (C=O) groups excluding carboxylic acids is 1. The Morgan fingerprint density at radius 2 is 2.10 bits per heavy atom. The molecule has 0 saturated heterocycles. The Kier molecular flexibility index (Phi) is 5.05. The highest BCUT2D eigenvalue weighted by atomic mass is 16.5. The highest BCUT2D eigenvalue weighted by molar-refractivity contribution is 5.76. The van der Waals surface area contributed by atoms with Crippen molar-refractivity contribution < 1.29 is 9.53 Å². The van der Waals surface area contributed by atoms with E-state index in [1.54, 1.807) is 7.11 Å². The lowest BCUT2D eigenvalue weighted by Crippen LogP contribution is -2.45. The molecule has 110 valence electrons. The summed E-state index contributed by atoms with van der Waals surface area (Å²) in [5.41, 5.74) is 1.32. The van der Waals surface area contributed by atoms with Crippen molar-refractivity contribution in [1.82, 2.24) is 5.32 Å². The van der Waals surface area contributed by atoms with Gasteiger partial charge in [-0.1, -0.05) is 38.0 Å². The van der Waals surface area contributed by atoms with Crippen molar-refractivity contribution in [3.63, 3.8) is 0 Å². The van der Waals surface area contributed by atoms with Gasteiger partial charge in [-0.3, -0.25) is 4.79 Å². The van der Waals surface area contributed by atoms with Gasteiger partial charge < -0.3 is 10.1 Å². The van der Waals surface area contributed by atoms with Crippen LogP contribution in [0.1, 0.15) is 51.0 Å². The van der Waals surface area contributed by atoms with Crippen molar-refractivity contribution >= 4 is 5.91 Å². The Morgan fingerprint density at radius 3 is 2.70 bits per heavy atom. The number of methoxy groups -OCH3 is 1. The Labute approximate surface area is 121 Å². The van der Waals surface area contributed by atoms with E-state index in [4.69, 9.17) is 4.74 Å². The van der Waals surface area contributed by atoms with Crippen LogP contribution in [0.5, 0.6) is 5.75 Å². The van der Waals surface area contributed by atoms with E-state index in [2.05, 4.69) is 24.4 Å². The monoisotopic (exact) mass is 275 g/mol. The Hall–Kier alpha value is -1.51. The van der Waals surface area contributed by atoms with Crippen molar-refractivity contribution in [3.8, 4) is 5.75 Å². The smallest absolute Gasteiger partial charge is 0.220 e. The number of hydrogen-bond donors (Lipinski definition) is 1. The number of carbonyl (C=O) groups is 1. The minimum Gasteiger partial charge on any atom is -0.496 e. The maximum atomic E-state index is 11.8. The third-order valence-electron chi connectivity index (χ3n) is 4.37. The third kappa shape index (κ3) is 3.14. The zero-order chi connectivity index (χ0) is 14.4. The maximum Gasteiger partial charge on any atom is 0.220 e. The van der Waals surface area contributed by atoms with Gasteiger partial charge in [-0.25, -0.2) is 0 Å². The average molecular weight is 275 g/mol. The van der Waals surface area contributed by atoms with Gasteiger partial charge >= 0.3 is 0 Å². The molecule has 1 aliphatic carbocycles. The second-order valence-electron chi connectivity index (χ2n) is 5.71. The van der Waals surface area contributed by atoms with E-state index in [1.807, 2.05) is 12.1 Å². The van der Waals surface area contributed by atoms with E-state index in [9.17, 15) is 4.79 Å². The number of unbranched alkanes of at least 4 members (excludes halogenated alkanes) is 1. The van der Waals surface area contributed by atoms with Crippen LogP contribution in [0.15, 0.2) is 24.3 Å². The van der Waals surface area contributed by atoms with Gasteiger partial charge in [0.1, 0.15) is 5.75 Å². The number of nitrogens with one attached hydrogen (secondary N) is 1. The quantitative estimate of drug-likeness (QED) is 0.828. The zero-order valence-electron chi connectivity index (χ0n) is 12.6. The van der Waals surface area contributed by atoms with Crippen LogP contribution in [0.25, 0.3) is 0 Å². The van der Waals surface area contributed by atoms with Crippen LogP contribution < -0.4 is 10.1 Å². The van der Waals surface area contributed by atoms with Gasteiger partial charge in [-0.15, -0.1) is 0 Å². The van der Waals surface area contributed by atoms with E-state index < -0.39 is 0 Å². The number of amides is 1. The first-order valence-corrected chi connectivity index (χ1v) is 7.62. The standard InChI is InChI=1S/C17H25NO2/c1-3-4-10-16(19)18-13-17(11-7-12-17)14-8-5-6-9-15(14)20-2/h5-6,8-9H,3-4,7,10-13H2,1-2H3,(H,18,19). The molecule has 0 spiro atoms. The molecule has 1 fully saturated rings. The minimum atomic E-state index is 0.0779. The predicted octanol–water partition coefficient (Wildman–Crippen LogP) is 3.42. The number of benzene rings is 1. The molecule has 1 saturated carbocycles. The van der Waals surface area contributed by atoms with Crippen LogP contribution >= 0.6 is 0 Å². The van der Waals surface area contributed by atoms with Gasteiger partial charge in [0, 0.05) is 23.9 Å². The molecule has 0 aromatic heterocycles. The third-order valence-corrected chi connectivity index (χ3v) is 4.37. The normalized spacial score (nSPS) is 16.3. The van der Waals surface area contributed by atoms with Gasteiger partial charge in [-0.05, 0) is 25.3 Å². The van der Waals surface area contributed by atoms with Crippen LogP contribution in [-0.2, 0) is 10.2 Å². The molecule has 0 heterocycles. The van der Waals surface area contributed by atoms with E-state index in [0.717, 1.165) is 38.0 Å². The molecule has 1 N–H and O–H groups in total. The molecule has 20 heavy (non-hydrogen) atoms. The first-order valence-electron chi connectivity index (χ1n) is 7.62. The number of ether oxygens (including phenoxy) is 1. The second-order valence-corrected chi connectivity index (χ2v) is 5.71. The molecule has 2 rings (SSSR count). The first kappa shape index (κ1) is 14.9. The summed E-state index contributed by atoms with van der Waals surface area (Å²) in [7, 11) is 1.71. The van der Waals surface area contributed by atoms with Crippen molar-refractivity contribution in [2.24, 2.45) is 0 Å². The maximum absolute atomic E-state index is 11.8. The molecule has 0 atom stereocenters. The number of rotatable bonds is 7.